The quantitative estimate of drug-likeness (QED) is 0.737. The molecule has 0 aliphatic heterocycles. The summed E-state index contributed by atoms with van der Waals surface area (Å²) in [7, 11) is 0. The van der Waals surface area contributed by atoms with Crippen molar-refractivity contribution in [2.24, 2.45) is 0 Å². The Labute approximate surface area is 140 Å². The first kappa shape index (κ1) is 15.8. The zero-order valence-electron chi connectivity index (χ0n) is 13.5. The van der Waals surface area contributed by atoms with Gasteiger partial charge in [0, 0.05) is 5.56 Å². The molecule has 0 fully saturated rings. The van der Waals surface area contributed by atoms with Gasteiger partial charge in [0.2, 0.25) is 0 Å². The molecule has 0 aliphatic rings. The molecule has 1 N–H and O–H groups in total. The molecule has 24 heavy (non-hydrogen) atoms. The lowest BCUT2D eigenvalue weighted by Crippen LogP contribution is -2.16. The monoisotopic (exact) mass is 322 g/mol. The Morgan fingerprint density at radius 2 is 1.71 bits per heavy atom. The van der Waals surface area contributed by atoms with Crippen molar-refractivity contribution in [2.45, 2.75) is 20.0 Å². The van der Waals surface area contributed by atoms with Crippen LogP contribution in [0.25, 0.3) is 11.3 Å². The van der Waals surface area contributed by atoms with Crippen molar-refractivity contribution >= 4 is 11.8 Å². The SMILES string of the molecule is Cc1noc(-c2ccccc2)c1NC(=O)O[C@@H](C)c1ccccc1. The molecule has 5 nitrogen and oxygen atoms in total. The predicted molar refractivity (Wildman–Crippen MR) is 91.6 cm³/mol. The molecule has 0 unspecified atom stereocenters. The highest BCUT2D eigenvalue weighted by atomic mass is 16.6. The van der Waals surface area contributed by atoms with Gasteiger partial charge >= 0.3 is 6.09 Å². The van der Waals surface area contributed by atoms with Crippen LogP contribution < -0.4 is 5.32 Å². The molecule has 1 aromatic heterocycles. The third-order valence-electron chi connectivity index (χ3n) is 3.68. The van der Waals surface area contributed by atoms with Crippen LogP contribution in [0, 0.1) is 6.92 Å². The van der Waals surface area contributed by atoms with Crippen LogP contribution in [-0.2, 0) is 4.74 Å². The molecule has 0 spiro atoms. The van der Waals surface area contributed by atoms with Crippen molar-refractivity contribution in [1.82, 2.24) is 5.16 Å². The van der Waals surface area contributed by atoms with Crippen molar-refractivity contribution in [3.8, 4) is 11.3 Å². The van der Waals surface area contributed by atoms with Gasteiger partial charge in [-0.2, -0.15) is 0 Å². The van der Waals surface area contributed by atoms with E-state index in [1.165, 1.54) is 0 Å². The summed E-state index contributed by atoms with van der Waals surface area (Å²) in [5, 5.41) is 6.68. The Morgan fingerprint density at radius 1 is 1.08 bits per heavy atom. The van der Waals surface area contributed by atoms with E-state index in [1.54, 1.807) is 6.92 Å². The number of benzene rings is 2. The standard InChI is InChI=1S/C19H18N2O3/c1-13-17(18(24-21-13)16-11-7-4-8-12-16)20-19(22)23-14(2)15-9-5-3-6-10-15/h3-12,14H,1-2H3,(H,20,22)/t14-/m0/s1. The first-order chi connectivity index (χ1) is 11.6. The van der Waals surface area contributed by atoms with Crippen LogP contribution in [0.2, 0.25) is 0 Å². The van der Waals surface area contributed by atoms with Crippen molar-refractivity contribution in [2.75, 3.05) is 5.32 Å². The lowest BCUT2D eigenvalue weighted by atomic mass is 10.1. The highest BCUT2D eigenvalue weighted by Gasteiger charge is 2.19. The topological polar surface area (TPSA) is 64.4 Å². The first-order valence-corrected chi connectivity index (χ1v) is 7.69. The van der Waals surface area contributed by atoms with Gasteiger partial charge in [0.25, 0.3) is 0 Å². The van der Waals surface area contributed by atoms with Crippen LogP contribution in [-0.4, -0.2) is 11.2 Å². The second-order valence-corrected chi connectivity index (χ2v) is 5.42. The largest absolute Gasteiger partial charge is 0.441 e. The second-order valence-electron chi connectivity index (χ2n) is 5.42. The molecule has 0 bridgehead atoms. The Hall–Kier alpha value is -3.08. The number of aromatic nitrogens is 1. The first-order valence-electron chi connectivity index (χ1n) is 7.69. The van der Waals surface area contributed by atoms with Crippen LogP contribution in [0.4, 0.5) is 10.5 Å². The number of amides is 1. The third-order valence-corrected chi connectivity index (χ3v) is 3.68. The predicted octanol–water partition coefficient (Wildman–Crippen LogP) is 4.96. The fraction of sp³-hybridized carbons (Fsp3) is 0.158. The van der Waals surface area contributed by atoms with Gasteiger partial charge in [0.05, 0.1) is 0 Å². The van der Waals surface area contributed by atoms with Crippen molar-refractivity contribution in [3.63, 3.8) is 0 Å². The van der Waals surface area contributed by atoms with Crippen molar-refractivity contribution in [3.05, 3.63) is 71.9 Å². The summed E-state index contributed by atoms with van der Waals surface area (Å²) < 4.78 is 10.8. The molecule has 3 aromatic rings. The van der Waals surface area contributed by atoms with Gasteiger partial charge in [-0.25, -0.2) is 4.79 Å². The number of hydrogen-bond donors (Lipinski definition) is 1. The van der Waals surface area contributed by atoms with E-state index in [4.69, 9.17) is 9.26 Å². The van der Waals surface area contributed by atoms with Gasteiger partial charge in [-0.3, -0.25) is 5.32 Å². The molecular weight excluding hydrogens is 304 g/mol. The fourth-order valence-corrected chi connectivity index (χ4v) is 2.39. The summed E-state index contributed by atoms with van der Waals surface area (Å²) in [6, 6.07) is 19.1. The summed E-state index contributed by atoms with van der Waals surface area (Å²) in [6.45, 7) is 3.60. The van der Waals surface area contributed by atoms with Gasteiger partial charge in [0.1, 0.15) is 17.5 Å². The number of carbonyl (C=O) groups is 1. The molecule has 0 saturated heterocycles. The van der Waals surface area contributed by atoms with Gasteiger partial charge < -0.3 is 9.26 Å². The number of nitrogens with one attached hydrogen (secondary N) is 1. The van der Waals surface area contributed by atoms with E-state index in [0.717, 1.165) is 11.1 Å². The average Bonchev–Trinajstić information content (AvgIpc) is 2.97. The lowest BCUT2D eigenvalue weighted by molar-refractivity contribution is 0.121. The molecule has 0 radical (unpaired) electrons. The van der Waals surface area contributed by atoms with Crippen LogP contribution in [0.5, 0.6) is 0 Å². The van der Waals surface area contributed by atoms with Gasteiger partial charge in [-0.15, -0.1) is 0 Å². The van der Waals surface area contributed by atoms with Crippen LogP contribution in [0.15, 0.2) is 65.2 Å². The van der Waals surface area contributed by atoms with E-state index < -0.39 is 6.09 Å². The third kappa shape index (κ3) is 3.46. The van der Waals surface area contributed by atoms with E-state index in [0.29, 0.717) is 17.1 Å². The van der Waals surface area contributed by atoms with Gasteiger partial charge in [-0.05, 0) is 19.4 Å². The Balaban J connectivity index is 1.74. The smallest absolute Gasteiger partial charge is 0.412 e. The number of anilines is 1. The minimum absolute atomic E-state index is 0.355. The number of rotatable bonds is 4. The van der Waals surface area contributed by atoms with Crippen LogP contribution in [0.3, 0.4) is 0 Å². The molecule has 122 valence electrons. The summed E-state index contributed by atoms with van der Waals surface area (Å²) in [6.07, 6.45) is -0.902. The Morgan fingerprint density at radius 3 is 2.38 bits per heavy atom. The maximum absolute atomic E-state index is 12.2. The minimum Gasteiger partial charge on any atom is -0.441 e. The summed E-state index contributed by atoms with van der Waals surface area (Å²) >= 11 is 0. The minimum atomic E-state index is -0.546. The molecule has 1 heterocycles. The number of ether oxygens (including phenoxy) is 1. The molecular formula is C19H18N2O3. The van der Waals surface area contributed by atoms with Crippen molar-refractivity contribution < 1.29 is 14.1 Å². The second kappa shape index (κ2) is 7.00. The molecule has 2 aromatic carbocycles. The highest BCUT2D eigenvalue weighted by molar-refractivity contribution is 5.90. The van der Waals surface area contributed by atoms with Gasteiger partial charge in [-0.1, -0.05) is 65.8 Å². The highest BCUT2D eigenvalue weighted by Crippen LogP contribution is 2.31. The number of hydrogen-bond acceptors (Lipinski definition) is 4. The molecule has 0 saturated carbocycles. The average molecular weight is 322 g/mol. The fourth-order valence-electron chi connectivity index (χ4n) is 2.39. The number of aryl methyl sites for hydroxylation is 1. The number of carbonyl (C=O) groups excluding carboxylic acids is 1. The van der Waals surface area contributed by atoms with E-state index in [2.05, 4.69) is 10.5 Å². The normalized spacial score (nSPS) is 11.8. The van der Waals surface area contributed by atoms with E-state index in [1.807, 2.05) is 67.6 Å². The Kier molecular flexibility index (Phi) is 4.61. The molecule has 5 heteroatoms. The van der Waals surface area contributed by atoms with E-state index >= 15 is 0 Å². The van der Waals surface area contributed by atoms with Gasteiger partial charge in [0.15, 0.2) is 5.76 Å². The molecule has 1 amide bonds. The van der Waals surface area contributed by atoms with Crippen LogP contribution >= 0.6 is 0 Å². The summed E-state index contributed by atoms with van der Waals surface area (Å²) in [4.78, 5) is 12.2. The zero-order chi connectivity index (χ0) is 16.9. The summed E-state index contributed by atoms with van der Waals surface area (Å²) in [5.41, 5.74) is 2.88. The van der Waals surface area contributed by atoms with E-state index in [9.17, 15) is 4.79 Å². The van der Waals surface area contributed by atoms with Crippen LogP contribution in [0.1, 0.15) is 24.3 Å². The lowest BCUT2D eigenvalue weighted by Gasteiger charge is -2.14. The van der Waals surface area contributed by atoms with Crippen molar-refractivity contribution in [1.29, 1.82) is 0 Å². The molecule has 0 aliphatic carbocycles. The molecule has 1 atom stereocenters. The maximum atomic E-state index is 12.2. The maximum Gasteiger partial charge on any atom is 0.412 e. The number of nitrogens with zero attached hydrogens (tertiary/aromatic N) is 1. The summed E-state index contributed by atoms with van der Waals surface area (Å²) in [5.74, 6) is 0.511. The molecule has 3 rings (SSSR count). The zero-order valence-corrected chi connectivity index (χ0v) is 13.5. The van der Waals surface area contributed by atoms with E-state index in [-0.39, 0.29) is 6.10 Å². The Bertz CT molecular complexity index is 813.